The minimum atomic E-state index is -0.103. The van der Waals surface area contributed by atoms with Crippen LogP contribution in [0.2, 0.25) is 5.02 Å². The molecule has 0 saturated heterocycles. The maximum atomic E-state index is 12.3. The van der Waals surface area contributed by atoms with Crippen LogP contribution in [0.25, 0.3) is 0 Å². The third-order valence-corrected chi connectivity index (χ3v) is 4.29. The second kappa shape index (κ2) is 4.81. The van der Waals surface area contributed by atoms with E-state index >= 15 is 0 Å². The maximum Gasteiger partial charge on any atom is 0.143 e. The molecule has 0 bridgehead atoms. The first-order valence-electron chi connectivity index (χ1n) is 6.30. The van der Waals surface area contributed by atoms with Gasteiger partial charge in [0.05, 0.1) is 0 Å². The molecule has 0 aromatic heterocycles. The van der Waals surface area contributed by atoms with E-state index in [0.29, 0.717) is 12.2 Å². The van der Waals surface area contributed by atoms with Gasteiger partial charge in [-0.15, -0.1) is 0 Å². The lowest BCUT2D eigenvalue weighted by Crippen LogP contribution is -2.26. The Hall–Kier alpha value is -0.820. The number of halogens is 1. The molecule has 1 fully saturated rings. The van der Waals surface area contributed by atoms with Crippen molar-refractivity contribution in [2.45, 2.75) is 46.0 Å². The lowest BCUT2D eigenvalue weighted by molar-refractivity contribution is -0.126. The predicted molar refractivity (Wildman–Crippen MR) is 71.5 cm³/mol. The molecule has 2 heteroatoms. The minimum Gasteiger partial charge on any atom is -0.299 e. The van der Waals surface area contributed by atoms with Gasteiger partial charge in [0.2, 0.25) is 0 Å². The number of hydrogen-bond donors (Lipinski definition) is 0. The standard InChI is InChI=1S/C15H19ClO/c1-11-5-6-12(13(16)9-11)10-14(17)15(2)7-3-4-8-15/h5-6,9H,3-4,7-8,10H2,1-2H3. The highest BCUT2D eigenvalue weighted by Crippen LogP contribution is 2.39. The van der Waals surface area contributed by atoms with Gasteiger partial charge in [0.25, 0.3) is 0 Å². The van der Waals surface area contributed by atoms with Crippen molar-refractivity contribution >= 4 is 17.4 Å². The van der Waals surface area contributed by atoms with E-state index in [-0.39, 0.29) is 5.41 Å². The van der Waals surface area contributed by atoms with Gasteiger partial charge in [0.1, 0.15) is 5.78 Å². The summed E-state index contributed by atoms with van der Waals surface area (Å²) in [5.41, 5.74) is 2.00. The topological polar surface area (TPSA) is 17.1 Å². The zero-order chi connectivity index (χ0) is 12.5. The molecule has 92 valence electrons. The Morgan fingerprint density at radius 1 is 1.35 bits per heavy atom. The quantitative estimate of drug-likeness (QED) is 0.780. The first-order chi connectivity index (χ1) is 8.01. The van der Waals surface area contributed by atoms with Crippen molar-refractivity contribution in [2.24, 2.45) is 5.41 Å². The number of aryl methyl sites for hydroxylation is 1. The number of ketones is 1. The largest absolute Gasteiger partial charge is 0.299 e. The molecular formula is C15H19ClO. The van der Waals surface area contributed by atoms with Crippen molar-refractivity contribution in [3.8, 4) is 0 Å². The lowest BCUT2D eigenvalue weighted by atomic mass is 9.81. The molecule has 1 aromatic rings. The molecule has 1 aliphatic rings. The van der Waals surface area contributed by atoms with Crippen LogP contribution in [0.15, 0.2) is 18.2 Å². The van der Waals surface area contributed by atoms with E-state index in [1.807, 2.05) is 25.1 Å². The summed E-state index contributed by atoms with van der Waals surface area (Å²) in [6.07, 6.45) is 4.92. The summed E-state index contributed by atoms with van der Waals surface area (Å²) in [7, 11) is 0. The van der Waals surface area contributed by atoms with Gasteiger partial charge in [-0.2, -0.15) is 0 Å². The number of carbonyl (C=O) groups excluding carboxylic acids is 1. The fraction of sp³-hybridized carbons (Fsp3) is 0.533. The molecular weight excluding hydrogens is 232 g/mol. The number of carbonyl (C=O) groups is 1. The van der Waals surface area contributed by atoms with Crippen molar-refractivity contribution in [1.29, 1.82) is 0 Å². The summed E-state index contributed by atoms with van der Waals surface area (Å²) in [6.45, 7) is 4.11. The summed E-state index contributed by atoms with van der Waals surface area (Å²) < 4.78 is 0. The van der Waals surface area contributed by atoms with Gasteiger partial charge in [-0.1, -0.05) is 43.5 Å². The zero-order valence-electron chi connectivity index (χ0n) is 10.6. The Bertz CT molecular complexity index is 431. The summed E-state index contributed by atoms with van der Waals surface area (Å²) >= 11 is 6.17. The molecule has 0 spiro atoms. The van der Waals surface area contributed by atoms with E-state index in [0.717, 1.165) is 29.0 Å². The molecule has 1 saturated carbocycles. The summed E-state index contributed by atoms with van der Waals surface area (Å²) in [5.74, 6) is 0.348. The van der Waals surface area contributed by atoms with E-state index in [4.69, 9.17) is 11.6 Å². The lowest BCUT2D eigenvalue weighted by Gasteiger charge is -2.21. The van der Waals surface area contributed by atoms with Crippen molar-refractivity contribution in [3.05, 3.63) is 34.3 Å². The highest BCUT2D eigenvalue weighted by Gasteiger charge is 2.35. The molecule has 1 aromatic carbocycles. The highest BCUT2D eigenvalue weighted by molar-refractivity contribution is 6.31. The van der Waals surface area contributed by atoms with E-state index in [1.165, 1.54) is 12.8 Å². The molecule has 17 heavy (non-hydrogen) atoms. The third kappa shape index (κ3) is 2.71. The zero-order valence-corrected chi connectivity index (χ0v) is 11.3. The van der Waals surface area contributed by atoms with E-state index < -0.39 is 0 Å². The molecule has 0 N–H and O–H groups in total. The Labute approximate surface area is 108 Å². The molecule has 1 nitrogen and oxygen atoms in total. The van der Waals surface area contributed by atoms with Crippen LogP contribution >= 0.6 is 11.6 Å². The summed E-state index contributed by atoms with van der Waals surface area (Å²) in [5, 5.41) is 0.722. The highest BCUT2D eigenvalue weighted by atomic mass is 35.5. The Balaban J connectivity index is 2.13. The fourth-order valence-electron chi connectivity index (χ4n) is 2.62. The maximum absolute atomic E-state index is 12.3. The number of hydrogen-bond acceptors (Lipinski definition) is 1. The predicted octanol–water partition coefficient (Wildman–Crippen LogP) is 4.34. The van der Waals surface area contributed by atoms with Crippen LogP contribution in [0.4, 0.5) is 0 Å². The van der Waals surface area contributed by atoms with Crippen LogP contribution in [-0.2, 0) is 11.2 Å². The van der Waals surface area contributed by atoms with Crippen LogP contribution in [0.5, 0.6) is 0 Å². The van der Waals surface area contributed by atoms with Gasteiger partial charge in [-0.05, 0) is 37.0 Å². The van der Waals surface area contributed by atoms with Crippen LogP contribution in [0.1, 0.15) is 43.7 Å². The smallest absolute Gasteiger partial charge is 0.143 e. The van der Waals surface area contributed by atoms with E-state index in [2.05, 4.69) is 6.92 Å². The van der Waals surface area contributed by atoms with Crippen LogP contribution in [-0.4, -0.2) is 5.78 Å². The number of benzene rings is 1. The van der Waals surface area contributed by atoms with Crippen molar-refractivity contribution < 1.29 is 4.79 Å². The van der Waals surface area contributed by atoms with Crippen molar-refractivity contribution in [3.63, 3.8) is 0 Å². The minimum absolute atomic E-state index is 0.103. The van der Waals surface area contributed by atoms with Gasteiger partial charge >= 0.3 is 0 Å². The van der Waals surface area contributed by atoms with Gasteiger partial charge in [0.15, 0.2) is 0 Å². The van der Waals surface area contributed by atoms with Gasteiger partial charge < -0.3 is 0 Å². The number of rotatable bonds is 3. The van der Waals surface area contributed by atoms with Gasteiger partial charge in [-0.25, -0.2) is 0 Å². The molecule has 0 aliphatic heterocycles. The van der Waals surface area contributed by atoms with Gasteiger partial charge in [0, 0.05) is 16.9 Å². The van der Waals surface area contributed by atoms with Crippen LogP contribution < -0.4 is 0 Å². The number of Topliss-reactive ketones (excluding diaryl/α,β-unsaturated/α-hetero) is 1. The Morgan fingerprint density at radius 3 is 2.59 bits per heavy atom. The first kappa shape index (κ1) is 12.6. The normalized spacial score (nSPS) is 18.3. The molecule has 0 heterocycles. The van der Waals surface area contributed by atoms with E-state index in [9.17, 15) is 4.79 Å². The fourth-order valence-corrected chi connectivity index (χ4v) is 2.92. The SMILES string of the molecule is Cc1ccc(CC(=O)C2(C)CCCC2)c(Cl)c1. The summed E-state index contributed by atoms with van der Waals surface area (Å²) in [6, 6.07) is 5.93. The first-order valence-corrected chi connectivity index (χ1v) is 6.67. The summed E-state index contributed by atoms with van der Waals surface area (Å²) in [4.78, 5) is 12.3. The molecule has 0 amide bonds. The van der Waals surface area contributed by atoms with Crippen LogP contribution in [0.3, 0.4) is 0 Å². The molecule has 1 aliphatic carbocycles. The molecule has 0 radical (unpaired) electrons. The van der Waals surface area contributed by atoms with E-state index in [1.54, 1.807) is 0 Å². The average molecular weight is 251 g/mol. The third-order valence-electron chi connectivity index (χ3n) is 3.94. The van der Waals surface area contributed by atoms with Gasteiger partial charge in [-0.3, -0.25) is 4.79 Å². The molecule has 0 unspecified atom stereocenters. The monoisotopic (exact) mass is 250 g/mol. The molecule has 0 atom stereocenters. The van der Waals surface area contributed by atoms with Crippen LogP contribution in [0, 0.1) is 12.3 Å². The Morgan fingerprint density at radius 2 is 2.00 bits per heavy atom. The second-order valence-corrected chi connectivity index (χ2v) is 5.87. The average Bonchev–Trinajstić information content (AvgIpc) is 2.71. The second-order valence-electron chi connectivity index (χ2n) is 5.46. The Kier molecular flexibility index (Phi) is 3.58. The van der Waals surface area contributed by atoms with Crippen molar-refractivity contribution in [1.82, 2.24) is 0 Å². The molecule has 2 rings (SSSR count). The van der Waals surface area contributed by atoms with Crippen molar-refractivity contribution in [2.75, 3.05) is 0 Å².